The molecular formula is C40H26N2O9. The smallest absolute Gasteiger partial charge is 0.343 e. The molecule has 1 fully saturated rings. The highest BCUT2D eigenvalue weighted by Gasteiger charge is 2.61. The van der Waals surface area contributed by atoms with Gasteiger partial charge in [0.2, 0.25) is 11.8 Å². The lowest BCUT2D eigenvalue weighted by molar-refractivity contribution is -0.384. The van der Waals surface area contributed by atoms with E-state index in [1.54, 1.807) is 12.1 Å². The number of carbonyl (C=O) groups excluding carboxylic acids is 5. The number of hydrogen-bond donors (Lipinski definition) is 0. The van der Waals surface area contributed by atoms with Crippen molar-refractivity contribution >= 4 is 40.9 Å². The van der Waals surface area contributed by atoms with Gasteiger partial charge in [-0.1, -0.05) is 54.6 Å². The van der Waals surface area contributed by atoms with Crippen molar-refractivity contribution in [2.45, 2.75) is 11.8 Å². The number of nitrogens with zero attached hydrogens (tertiary/aromatic N) is 2. The number of amides is 2. The van der Waals surface area contributed by atoms with Crippen molar-refractivity contribution in [3.05, 3.63) is 170 Å². The second kappa shape index (κ2) is 12.3. The third-order valence-corrected chi connectivity index (χ3v) is 9.82. The number of benzene rings is 5. The molecule has 11 heteroatoms. The summed E-state index contributed by atoms with van der Waals surface area (Å²) in [7, 11) is 0. The molecule has 250 valence electrons. The van der Waals surface area contributed by atoms with Crippen LogP contribution in [-0.4, -0.2) is 41.1 Å². The topological polar surface area (TPSA) is 150 Å². The summed E-state index contributed by atoms with van der Waals surface area (Å²) in [5.41, 5.74) is 4.70. The van der Waals surface area contributed by atoms with Crippen molar-refractivity contribution in [3.8, 4) is 5.75 Å². The molecule has 5 aromatic carbocycles. The van der Waals surface area contributed by atoms with Crippen molar-refractivity contribution in [3.63, 3.8) is 0 Å². The van der Waals surface area contributed by atoms with Gasteiger partial charge in [-0.25, -0.2) is 14.5 Å². The maximum Gasteiger partial charge on any atom is 0.343 e. The third-order valence-electron chi connectivity index (χ3n) is 9.82. The fourth-order valence-electron chi connectivity index (χ4n) is 7.60. The van der Waals surface area contributed by atoms with Crippen molar-refractivity contribution in [2.24, 2.45) is 11.8 Å². The van der Waals surface area contributed by atoms with Crippen molar-refractivity contribution in [2.75, 3.05) is 11.5 Å². The van der Waals surface area contributed by atoms with Crippen LogP contribution in [0, 0.1) is 22.0 Å². The molecule has 1 heterocycles. The van der Waals surface area contributed by atoms with Gasteiger partial charge < -0.3 is 9.47 Å². The SMILES string of the molecule is O=C(COC(=O)c1cccc(N2C(=O)C3C4c5ccccc5C(c5ccccc54)C3C2=O)c1)c1ccc(OC(=O)c2ccc([N+](=O)[O-])cc2)cc1. The number of hydrogen-bond acceptors (Lipinski definition) is 9. The molecule has 0 aromatic heterocycles. The van der Waals surface area contributed by atoms with Gasteiger partial charge in [0.25, 0.3) is 5.69 Å². The summed E-state index contributed by atoms with van der Waals surface area (Å²) in [5, 5.41) is 10.8. The lowest BCUT2D eigenvalue weighted by Crippen LogP contribution is -2.41. The number of anilines is 1. The van der Waals surface area contributed by atoms with Crippen LogP contribution in [0.15, 0.2) is 121 Å². The average Bonchev–Trinajstić information content (AvgIpc) is 3.43. The minimum absolute atomic E-state index is 0.0684. The number of nitro benzene ring substituents is 1. The number of ether oxygens (including phenoxy) is 2. The fourth-order valence-corrected chi connectivity index (χ4v) is 7.60. The minimum Gasteiger partial charge on any atom is -0.454 e. The van der Waals surface area contributed by atoms with E-state index in [-0.39, 0.29) is 57.5 Å². The second-order valence-electron chi connectivity index (χ2n) is 12.5. The molecule has 1 saturated heterocycles. The van der Waals surface area contributed by atoms with Crippen LogP contribution in [0.5, 0.6) is 5.75 Å². The molecule has 2 bridgehead atoms. The molecule has 1 aliphatic heterocycles. The maximum absolute atomic E-state index is 14.1. The standard InChI is InChI=1S/C40H26N2O9/c43-32(22-14-18-27(19-15-22)51-40(47)23-12-16-25(17-13-23)42(48)49)21-50-39(46)24-6-5-7-26(20-24)41-37(44)35-33-28-8-1-2-9-29(28)34(36(35)38(41)45)31-11-4-3-10-30(31)33/h1-20,33-36H,21H2. The number of Topliss-reactive ketones (excluding diaryl/α,β-unsaturated/α-hetero) is 1. The van der Waals surface area contributed by atoms with Gasteiger partial charge in [0.05, 0.1) is 33.6 Å². The van der Waals surface area contributed by atoms with Crippen molar-refractivity contribution in [1.29, 1.82) is 0 Å². The first-order valence-electron chi connectivity index (χ1n) is 16.1. The van der Waals surface area contributed by atoms with Crippen LogP contribution < -0.4 is 9.64 Å². The quantitative estimate of drug-likeness (QED) is 0.0463. The number of imide groups is 1. The largest absolute Gasteiger partial charge is 0.454 e. The van der Waals surface area contributed by atoms with Gasteiger partial charge >= 0.3 is 11.9 Å². The maximum atomic E-state index is 14.1. The molecule has 2 amide bonds. The first-order valence-corrected chi connectivity index (χ1v) is 16.1. The molecule has 51 heavy (non-hydrogen) atoms. The zero-order valence-electron chi connectivity index (χ0n) is 26.6. The Hall–Kier alpha value is -6.75. The van der Waals surface area contributed by atoms with E-state index in [1.807, 2.05) is 48.5 Å². The third kappa shape index (κ3) is 5.26. The number of ketones is 1. The van der Waals surface area contributed by atoms with Crippen LogP contribution in [0.25, 0.3) is 0 Å². The van der Waals surface area contributed by atoms with Crippen molar-refractivity contribution < 1.29 is 38.4 Å². The Balaban J connectivity index is 0.939. The van der Waals surface area contributed by atoms with Gasteiger partial charge in [-0.05, 0) is 76.9 Å². The summed E-state index contributed by atoms with van der Waals surface area (Å²) >= 11 is 0. The van der Waals surface area contributed by atoms with Crippen molar-refractivity contribution in [1.82, 2.24) is 0 Å². The normalized spacial score (nSPS) is 19.5. The lowest BCUT2D eigenvalue weighted by Gasteiger charge is -2.45. The molecule has 2 unspecified atom stereocenters. The molecule has 11 nitrogen and oxygen atoms in total. The number of rotatable bonds is 8. The molecule has 0 spiro atoms. The fraction of sp³-hybridized carbons (Fsp3) is 0.125. The van der Waals surface area contributed by atoms with Gasteiger partial charge in [0.1, 0.15) is 5.75 Å². The molecule has 9 rings (SSSR count). The van der Waals surface area contributed by atoms with Gasteiger partial charge in [-0.2, -0.15) is 0 Å². The predicted molar refractivity (Wildman–Crippen MR) is 182 cm³/mol. The monoisotopic (exact) mass is 678 g/mol. The molecule has 0 saturated carbocycles. The first-order chi connectivity index (χ1) is 24.7. The Morgan fingerprint density at radius 1 is 0.627 bits per heavy atom. The summed E-state index contributed by atoms with van der Waals surface area (Å²) in [5.74, 6) is -4.22. The number of carbonyl (C=O) groups is 5. The second-order valence-corrected chi connectivity index (χ2v) is 12.5. The van der Waals surface area contributed by atoms with E-state index in [9.17, 15) is 34.1 Å². The summed E-state index contributed by atoms with van der Waals surface area (Å²) in [6.45, 7) is -0.587. The molecule has 3 aliphatic carbocycles. The lowest BCUT2D eigenvalue weighted by atomic mass is 9.55. The molecule has 2 atom stereocenters. The Kier molecular flexibility index (Phi) is 7.60. The molecule has 0 radical (unpaired) electrons. The highest BCUT2D eigenvalue weighted by molar-refractivity contribution is 6.23. The highest BCUT2D eigenvalue weighted by atomic mass is 16.6. The highest BCUT2D eigenvalue weighted by Crippen LogP contribution is 2.61. The van der Waals surface area contributed by atoms with Crippen LogP contribution in [0.4, 0.5) is 11.4 Å². The Morgan fingerprint density at radius 3 is 1.69 bits per heavy atom. The predicted octanol–water partition coefficient (Wildman–Crippen LogP) is 6.25. The van der Waals surface area contributed by atoms with Gasteiger partial charge in [0, 0.05) is 29.5 Å². The number of non-ortho nitro benzene ring substituents is 1. The molecule has 5 aromatic rings. The first kappa shape index (κ1) is 31.5. The van der Waals surface area contributed by atoms with Crippen LogP contribution in [0.1, 0.15) is 65.2 Å². The van der Waals surface area contributed by atoms with Crippen LogP contribution in [0.3, 0.4) is 0 Å². The van der Waals surface area contributed by atoms with Gasteiger partial charge in [0.15, 0.2) is 12.4 Å². The number of nitro groups is 1. The van der Waals surface area contributed by atoms with E-state index in [0.717, 1.165) is 22.3 Å². The zero-order valence-corrected chi connectivity index (χ0v) is 26.6. The van der Waals surface area contributed by atoms with E-state index in [1.165, 1.54) is 65.6 Å². The Bertz CT molecular complexity index is 2180. The van der Waals surface area contributed by atoms with E-state index in [4.69, 9.17) is 9.47 Å². The number of esters is 2. The van der Waals surface area contributed by atoms with E-state index < -0.39 is 41.1 Å². The van der Waals surface area contributed by atoms with Crippen LogP contribution in [-0.2, 0) is 14.3 Å². The molecule has 4 aliphatic rings. The summed E-state index contributed by atoms with van der Waals surface area (Å²) in [6, 6.07) is 32.5. The summed E-state index contributed by atoms with van der Waals surface area (Å²) in [6.07, 6.45) is 0. The average molecular weight is 679 g/mol. The van der Waals surface area contributed by atoms with Gasteiger partial charge in [-0.15, -0.1) is 0 Å². The Labute approximate surface area is 290 Å². The van der Waals surface area contributed by atoms with E-state index >= 15 is 0 Å². The molecular weight excluding hydrogens is 652 g/mol. The van der Waals surface area contributed by atoms with E-state index in [0.29, 0.717) is 0 Å². The van der Waals surface area contributed by atoms with Crippen LogP contribution in [0.2, 0.25) is 0 Å². The van der Waals surface area contributed by atoms with Gasteiger partial charge in [-0.3, -0.25) is 24.5 Å². The summed E-state index contributed by atoms with van der Waals surface area (Å²) in [4.78, 5) is 78.0. The Morgan fingerprint density at radius 2 is 1.16 bits per heavy atom. The minimum atomic E-state index is -0.810. The summed E-state index contributed by atoms with van der Waals surface area (Å²) < 4.78 is 10.6. The zero-order chi connectivity index (χ0) is 35.4. The van der Waals surface area contributed by atoms with Crippen LogP contribution >= 0.6 is 0 Å². The molecule has 0 N–H and O–H groups in total. The van der Waals surface area contributed by atoms with E-state index in [2.05, 4.69) is 0 Å².